The molecule has 0 saturated heterocycles. The molecule has 1 fully saturated rings. The fraction of sp³-hybridized carbons (Fsp3) is 0.371. The summed E-state index contributed by atoms with van der Waals surface area (Å²) < 4.78 is 14.7. The van der Waals surface area contributed by atoms with Crippen molar-refractivity contribution in [2.75, 3.05) is 5.32 Å². The van der Waals surface area contributed by atoms with Crippen molar-refractivity contribution in [1.29, 1.82) is 0 Å². The van der Waals surface area contributed by atoms with E-state index in [1.165, 1.54) is 10.4 Å². The van der Waals surface area contributed by atoms with E-state index in [0.717, 1.165) is 24.1 Å². The van der Waals surface area contributed by atoms with Gasteiger partial charge in [-0.1, -0.05) is 112 Å². The summed E-state index contributed by atoms with van der Waals surface area (Å²) in [6.45, 7) is 13.4. The van der Waals surface area contributed by atoms with E-state index in [4.69, 9.17) is 14.3 Å². The summed E-state index contributed by atoms with van der Waals surface area (Å²) in [5.74, 6) is 0.907. The summed E-state index contributed by atoms with van der Waals surface area (Å²) in [6, 6.07) is 33.3. The van der Waals surface area contributed by atoms with Crippen molar-refractivity contribution >= 4 is 30.6 Å². The molecule has 42 heavy (non-hydrogen) atoms. The fourth-order valence-electron chi connectivity index (χ4n) is 5.91. The third-order valence-electron chi connectivity index (χ3n) is 8.08. The second-order valence-corrected chi connectivity index (χ2v) is 17.5. The molecule has 0 bridgehead atoms. The quantitative estimate of drug-likeness (QED) is 0.223. The van der Waals surface area contributed by atoms with Gasteiger partial charge in [0.15, 0.2) is 0 Å². The van der Waals surface area contributed by atoms with E-state index in [1.807, 2.05) is 41.1 Å². The second-order valence-electron chi connectivity index (χ2n) is 13.3. The first-order chi connectivity index (χ1) is 20.0. The van der Waals surface area contributed by atoms with Crippen molar-refractivity contribution in [3.63, 3.8) is 0 Å². The van der Waals surface area contributed by atoms with Crippen LogP contribution in [0.1, 0.15) is 71.6 Å². The van der Waals surface area contributed by atoms with Gasteiger partial charge in [-0.25, -0.2) is 9.48 Å². The van der Waals surface area contributed by atoms with Crippen LogP contribution in [0.3, 0.4) is 0 Å². The number of carbonyl (C=O) groups is 1. The minimum atomic E-state index is -2.61. The lowest BCUT2D eigenvalue weighted by Gasteiger charge is -2.48. The van der Waals surface area contributed by atoms with Crippen LogP contribution in [-0.2, 0) is 21.3 Å². The molecule has 220 valence electrons. The molecular weight excluding hydrogens is 538 g/mol. The van der Waals surface area contributed by atoms with Gasteiger partial charge < -0.3 is 9.16 Å². The lowest BCUT2D eigenvalue weighted by Crippen LogP contribution is -2.68. The Morgan fingerprint density at radius 1 is 0.857 bits per heavy atom. The van der Waals surface area contributed by atoms with Crippen LogP contribution in [0, 0.1) is 0 Å². The van der Waals surface area contributed by atoms with E-state index in [9.17, 15) is 4.79 Å². The van der Waals surface area contributed by atoms with Crippen LogP contribution in [-0.4, -0.2) is 30.3 Å². The average Bonchev–Trinajstić information content (AvgIpc) is 3.36. The molecule has 4 aromatic rings. The number of aromatic nitrogens is 2. The summed E-state index contributed by atoms with van der Waals surface area (Å²) in [5.41, 5.74) is 1.61. The largest absolute Gasteiger partial charge is 0.444 e. The van der Waals surface area contributed by atoms with Crippen molar-refractivity contribution in [2.45, 2.75) is 83.6 Å². The van der Waals surface area contributed by atoms with E-state index >= 15 is 0 Å². The Kier molecular flexibility index (Phi) is 8.44. The number of nitrogens with zero attached hydrogens (tertiary/aromatic N) is 2. The standard InChI is InChI=1S/C35H43N3O3Si/c1-34(2,3)38-32(36-33(39)40-25-26-16-10-7-11-17-26)24-31(37-38)27-22-28(23-27)41-42(35(4,5)6,29-18-12-8-13-19-29)30-20-14-9-15-21-30/h7-21,24,27-28H,22-23,25H2,1-6H3,(H,36,39). The number of anilines is 1. The van der Waals surface area contributed by atoms with Crippen LogP contribution >= 0.6 is 0 Å². The average molecular weight is 582 g/mol. The Morgan fingerprint density at radius 3 is 1.88 bits per heavy atom. The summed E-state index contributed by atoms with van der Waals surface area (Å²) in [7, 11) is -2.61. The monoisotopic (exact) mass is 581 g/mol. The molecule has 0 radical (unpaired) electrons. The summed E-state index contributed by atoms with van der Waals surface area (Å²) in [6.07, 6.45) is 1.43. The van der Waals surface area contributed by atoms with E-state index in [0.29, 0.717) is 5.82 Å². The molecule has 6 nitrogen and oxygen atoms in total. The molecule has 1 saturated carbocycles. The smallest absolute Gasteiger partial charge is 0.413 e. The molecule has 0 atom stereocenters. The highest BCUT2D eigenvalue weighted by Gasteiger charge is 2.53. The number of ether oxygens (including phenoxy) is 1. The van der Waals surface area contributed by atoms with Gasteiger partial charge >= 0.3 is 6.09 Å². The molecule has 1 aliphatic rings. The normalized spacial score (nSPS) is 17.4. The minimum absolute atomic E-state index is 0.0637. The van der Waals surface area contributed by atoms with Crippen LogP contribution < -0.4 is 15.7 Å². The van der Waals surface area contributed by atoms with Gasteiger partial charge in [0.25, 0.3) is 8.32 Å². The Morgan fingerprint density at radius 2 is 1.38 bits per heavy atom. The van der Waals surface area contributed by atoms with Gasteiger partial charge in [0.05, 0.1) is 11.2 Å². The number of amides is 1. The van der Waals surface area contributed by atoms with Gasteiger partial charge in [0.1, 0.15) is 12.4 Å². The molecule has 0 spiro atoms. The highest BCUT2D eigenvalue weighted by molar-refractivity contribution is 6.99. The van der Waals surface area contributed by atoms with Crippen molar-refractivity contribution in [3.8, 4) is 0 Å². The van der Waals surface area contributed by atoms with Crippen molar-refractivity contribution in [1.82, 2.24) is 9.78 Å². The predicted octanol–water partition coefficient (Wildman–Crippen LogP) is 7.21. The number of benzene rings is 3. The first-order valence-corrected chi connectivity index (χ1v) is 16.8. The van der Waals surface area contributed by atoms with E-state index in [-0.39, 0.29) is 29.2 Å². The molecular formula is C35H43N3O3Si. The molecule has 1 amide bonds. The number of hydrogen-bond acceptors (Lipinski definition) is 4. The summed E-state index contributed by atoms with van der Waals surface area (Å²) in [4.78, 5) is 12.7. The number of rotatable bonds is 8. The van der Waals surface area contributed by atoms with Gasteiger partial charge in [0.2, 0.25) is 0 Å². The van der Waals surface area contributed by atoms with Gasteiger partial charge in [-0.3, -0.25) is 5.32 Å². The zero-order valence-electron chi connectivity index (χ0n) is 25.6. The second kappa shape index (κ2) is 11.9. The van der Waals surface area contributed by atoms with Crippen molar-refractivity contribution < 1.29 is 14.0 Å². The highest BCUT2D eigenvalue weighted by atomic mass is 28.4. The molecule has 1 heterocycles. The van der Waals surface area contributed by atoms with Crippen molar-refractivity contribution in [3.05, 3.63) is 108 Å². The Balaban J connectivity index is 1.34. The van der Waals surface area contributed by atoms with E-state index < -0.39 is 14.4 Å². The molecule has 3 aromatic carbocycles. The topological polar surface area (TPSA) is 65.4 Å². The zero-order valence-corrected chi connectivity index (χ0v) is 26.6. The van der Waals surface area contributed by atoms with Gasteiger partial charge in [-0.2, -0.15) is 5.10 Å². The van der Waals surface area contributed by atoms with Gasteiger partial charge in [-0.15, -0.1) is 0 Å². The van der Waals surface area contributed by atoms with Crippen molar-refractivity contribution in [2.24, 2.45) is 0 Å². The van der Waals surface area contributed by atoms with Crippen LogP contribution in [0.25, 0.3) is 0 Å². The molecule has 5 rings (SSSR count). The number of hydrogen-bond donors (Lipinski definition) is 1. The Bertz CT molecular complexity index is 1430. The van der Waals surface area contributed by atoms with Crippen LogP contribution in [0.15, 0.2) is 97.1 Å². The molecule has 1 aromatic heterocycles. The minimum Gasteiger partial charge on any atom is -0.444 e. The fourth-order valence-corrected chi connectivity index (χ4v) is 10.6. The molecule has 7 heteroatoms. The lowest BCUT2D eigenvalue weighted by molar-refractivity contribution is 0.0865. The maximum Gasteiger partial charge on any atom is 0.413 e. The number of nitrogens with one attached hydrogen (secondary N) is 1. The molecule has 0 unspecified atom stereocenters. The molecule has 0 aliphatic heterocycles. The maximum atomic E-state index is 12.7. The summed E-state index contributed by atoms with van der Waals surface area (Å²) in [5, 5.41) is 10.4. The van der Waals surface area contributed by atoms with Gasteiger partial charge in [0, 0.05) is 18.1 Å². The first kappa shape index (κ1) is 29.8. The number of carbonyl (C=O) groups excluding carboxylic acids is 1. The van der Waals surface area contributed by atoms with Crippen LogP contribution in [0.5, 0.6) is 0 Å². The highest BCUT2D eigenvalue weighted by Crippen LogP contribution is 2.45. The zero-order chi connectivity index (χ0) is 30.0. The maximum absolute atomic E-state index is 12.7. The molecule has 1 N–H and O–H groups in total. The third-order valence-corrected chi connectivity index (χ3v) is 13.2. The first-order valence-electron chi connectivity index (χ1n) is 14.8. The lowest BCUT2D eigenvalue weighted by atomic mass is 9.80. The van der Waals surface area contributed by atoms with E-state index in [1.54, 1.807) is 0 Å². The molecule has 1 aliphatic carbocycles. The Labute approximate surface area is 251 Å². The predicted molar refractivity (Wildman–Crippen MR) is 172 cm³/mol. The SMILES string of the molecule is CC(C)(C)n1nc(C2CC(O[Si](c3ccccc3)(c3ccccc3)C(C)(C)C)C2)cc1NC(=O)OCc1ccccc1. The van der Waals surface area contributed by atoms with Gasteiger partial charge in [-0.05, 0) is 54.6 Å². The third kappa shape index (κ3) is 6.22. The Hall–Kier alpha value is -3.68. The van der Waals surface area contributed by atoms with Crippen LogP contribution in [0.2, 0.25) is 5.04 Å². The van der Waals surface area contributed by atoms with Crippen LogP contribution in [0.4, 0.5) is 10.6 Å². The summed E-state index contributed by atoms with van der Waals surface area (Å²) >= 11 is 0. The van der Waals surface area contributed by atoms with E-state index in [2.05, 4.69) is 108 Å².